The van der Waals surface area contributed by atoms with E-state index in [0.717, 1.165) is 37.2 Å². The molecule has 1 heterocycles. The Morgan fingerprint density at radius 2 is 0.679 bits per heavy atom. The molecule has 4 aromatic carbocycles. The van der Waals surface area contributed by atoms with Crippen LogP contribution in [0.15, 0.2) is 110 Å². The van der Waals surface area contributed by atoms with Crippen LogP contribution in [0.3, 0.4) is 0 Å². The van der Waals surface area contributed by atoms with Gasteiger partial charge in [-0.05, 0) is 190 Å². The van der Waals surface area contributed by atoms with E-state index in [-0.39, 0.29) is 29.4 Å². The van der Waals surface area contributed by atoms with Crippen LogP contribution in [0, 0.1) is 5.41 Å². The Morgan fingerprint density at radius 3 is 0.974 bits per heavy atom. The number of rotatable bonds is 24. The number of ketones is 4. The van der Waals surface area contributed by atoms with E-state index in [0.29, 0.717) is 59.1 Å². The number of carbonyl (C=O) groups excluding carboxylic acids is 4. The fourth-order valence-electron chi connectivity index (χ4n) is 8.34. The Hall–Kier alpha value is -4.91. The molecule has 0 saturated carbocycles. The van der Waals surface area contributed by atoms with Crippen LogP contribution in [0.1, 0.15) is 143 Å². The Kier molecular flexibility index (Phi) is 24.6. The standard InChI is InChI=1S/C42H62O13Si4.C15H22O2.C2H4/c1-12-27-56(8)52-57(9,28-13-26-49-34-20-14-31(15-21-34)37(43)40(2,3)46)54-59(11,30-51-36-24-18-33(19-25-36)39(45)42(6,7)48)55-58(10,53-56)29-50-35-22-16-32(17-23-35)38(44)41(4,5)47;1-5-6-11-17-13-9-7-12(8-10-13)14(16)15(2,3)4;1-2/h14-25,46-48H,12-13,26-30H2,1-11H3;7-10H,5-6,11H2,1-4H3;1-2H2. The first kappa shape index (κ1) is 67.4. The number of aliphatic hydroxyl groups is 3. The molecule has 4 aromatic rings. The van der Waals surface area contributed by atoms with E-state index in [9.17, 15) is 34.5 Å². The summed E-state index contributed by atoms with van der Waals surface area (Å²) >= 11 is 0. The first-order chi connectivity index (χ1) is 36.1. The second-order valence-electron chi connectivity index (χ2n) is 22.8. The van der Waals surface area contributed by atoms with Crippen molar-refractivity contribution >= 4 is 57.4 Å². The fraction of sp³-hybridized carbons (Fsp3) is 0.492. The van der Waals surface area contributed by atoms with Gasteiger partial charge in [-0.25, -0.2) is 0 Å². The molecule has 15 nitrogen and oxygen atoms in total. The van der Waals surface area contributed by atoms with Crippen molar-refractivity contribution in [2.45, 2.75) is 157 Å². The SMILES string of the molecule is C=C.CCCCOc1ccc(C(=O)C(C)(C)C)cc1.CCC[Si]1(C)O[Si](C)(CCCOc2ccc(C(=O)C(C)(C)O)cc2)O[Si](C)(COc2ccc(C(=O)C(C)(C)O)cc2)O[Si](C)(COc2ccc(C(=O)C(C)(C)O)cc2)O1. The van der Waals surface area contributed by atoms with Gasteiger partial charge in [-0.2, -0.15) is 0 Å². The van der Waals surface area contributed by atoms with Gasteiger partial charge in [0.05, 0.1) is 13.2 Å². The van der Waals surface area contributed by atoms with E-state index in [4.69, 9.17) is 35.4 Å². The highest BCUT2D eigenvalue weighted by atomic mass is 28.5. The summed E-state index contributed by atoms with van der Waals surface area (Å²) in [6, 6.07) is 28.5. The first-order valence-electron chi connectivity index (χ1n) is 26.7. The van der Waals surface area contributed by atoms with Crippen molar-refractivity contribution in [3.8, 4) is 23.0 Å². The average Bonchev–Trinajstić information content (AvgIpc) is 3.37. The molecule has 4 unspecified atom stereocenters. The molecule has 4 atom stereocenters. The van der Waals surface area contributed by atoms with Gasteiger partial charge in [-0.15, -0.1) is 13.2 Å². The predicted molar refractivity (Wildman–Crippen MR) is 315 cm³/mol. The first-order valence-corrected chi connectivity index (χ1v) is 36.8. The van der Waals surface area contributed by atoms with Gasteiger partial charge >= 0.3 is 34.2 Å². The number of hydrogen-bond donors (Lipinski definition) is 3. The molecule has 19 heteroatoms. The van der Waals surface area contributed by atoms with E-state index >= 15 is 0 Å². The fourth-order valence-corrected chi connectivity index (χ4v) is 30.2. The molecule has 1 aliphatic rings. The highest BCUT2D eigenvalue weighted by Gasteiger charge is 2.57. The third kappa shape index (κ3) is 21.3. The number of carbonyl (C=O) groups is 4. The van der Waals surface area contributed by atoms with Crippen molar-refractivity contribution in [2.24, 2.45) is 5.41 Å². The van der Waals surface area contributed by atoms with Crippen LogP contribution in [0.25, 0.3) is 0 Å². The molecule has 0 spiro atoms. The van der Waals surface area contributed by atoms with Crippen molar-refractivity contribution in [1.82, 2.24) is 0 Å². The number of hydrogen-bond acceptors (Lipinski definition) is 15. The zero-order chi connectivity index (χ0) is 59.0. The van der Waals surface area contributed by atoms with Crippen molar-refractivity contribution in [3.63, 3.8) is 0 Å². The number of unbranched alkanes of at least 4 members (excludes halogenated alkanes) is 1. The molecule has 1 aliphatic heterocycles. The monoisotopic (exact) mass is 1150 g/mol. The maximum atomic E-state index is 12.7. The zero-order valence-electron chi connectivity index (χ0n) is 49.0. The topological polar surface area (TPSA) is 203 Å². The maximum absolute atomic E-state index is 12.7. The molecule has 78 heavy (non-hydrogen) atoms. The normalized spacial score (nSPS) is 20.7. The van der Waals surface area contributed by atoms with Crippen molar-refractivity contribution < 1.29 is 69.9 Å². The summed E-state index contributed by atoms with van der Waals surface area (Å²) < 4.78 is 52.8. The third-order valence-electron chi connectivity index (χ3n) is 12.1. The van der Waals surface area contributed by atoms with E-state index in [2.05, 4.69) is 27.0 Å². The summed E-state index contributed by atoms with van der Waals surface area (Å²) in [5.41, 5.74) is -2.98. The van der Waals surface area contributed by atoms with E-state index in [1.807, 2.05) is 71.2 Å². The molecule has 1 saturated heterocycles. The zero-order valence-corrected chi connectivity index (χ0v) is 53.0. The lowest BCUT2D eigenvalue weighted by atomic mass is 9.86. The van der Waals surface area contributed by atoms with Crippen LogP contribution in [-0.2, 0) is 16.5 Å². The van der Waals surface area contributed by atoms with Gasteiger partial charge in [-0.3, -0.25) is 19.2 Å². The molecular formula is C59H88O15Si4. The molecule has 430 valence electrons. The quantitative estimate of drug-likeness (QED) is 0.0258. The summed E-state index contributed by atoms with van der Waals surface area (Å²) in [7, 11) is -12.7. The van der Waals surface area contributed by atoms with Crippen LogP contribution in [0.5, 0.6) is 23.0 Å². The van der Waals surface area contributed by atoms with E-state index in [1.165, 1.54) is 41.5 Å². The van der Waals surface area contributed by atoms with Gasteiger partial charge in [0, 0.05) is 27.7 Å². The molecule has 5 rings (SSSR count). The lowest BCUT2D eigenvalue weighted by Gasteiger charge is -2.49. The molecular weight excluding hydrogens is 1060 g/mol. The van der Waals surface area contributed by atoms with Crippen molar-refractivity contribution in [2.75, 3.05) is 25.7 Å². The molecule has 0 amide bonds. The van der Waals surface area contributed by atoms with Crippen LogP contribution >= 0.6 is 0 Å². The Labute approximate surface area is 468 Å². The van der Waals surface area contributed by atoms with E-state index in [1.54, 1.807) is 72.8 Å². The second-order valence-corrected chi connectivity index (χ2v) is 36.7. The Morgan fingerprint density at radius 1 is 0.410 bits per heavy atom. The lowest BCUT2D eigenvalue weighted by Crippen LogP contribution is -2.70. The van der Waals surface area contributed by atoms with Gasteiger partial charge in [0.15, 0.2) is 23.1 Å². The van der Waals surface area contributed by atoms with Crippen LogP contribution in [0.2, 0.25) is 38.3 Å². The number of Topliss-reactive ketones (excluding diaryl/α,β-unsaturated/α-hetero) is 4. The number of benzene rings is 4. The molecule has 0 bridgehead atoms. The smallest absolute Gasteiger partial charge is 0.356 e. The minimum Gasteiger partial charge on any atom is -0.494 e. The highest BCUT2D eigenvalue weighted by Crippen LogP contribution is 2.37. The van der Waals surface area contributed by atoms with Crippen molar-refractivity contribution in [3.05, 3.63) is 132 Å². The largest absolute Gasteiger partial charge is 0.494 e. The molecule has 3 N–H and O–H groups in total. The highest BCUT2D eigenvalue weighted by molar-refractivity contribution is 6.94. The van der Waals surface area contributed by atoms with Gasteiger partial charge in [0.25, 0.3) is 0 Å². The summed E-state index contributed by atoms with van der Waals surface area (Å²) in [4.78, 5) is 49.7. The summed E-state index contributed by atoms with van der Waals surface area (Å²) in [6.45, 7) is 33.7. The molecule has 0 radical (unpaired) electrons. The molecule has 1 fully saturated rings. The van der Waals surface area contributed by atoms with Gasteiger partial charge in [0.1, 0.15) is 52.3 Å². The molecule has 0 aromatic heterocycles. The van der Waals surface area contributed by atoms with Crippen molar-refractivity contribution in [1.29, 1.82) is 0 Å². The lowest BCUT2D eigenvalue weighted by molar-refractivity contribution is 0.0487. The van der Waals surface area contributed by atoms with E-state index < -0.39 is 62.6 Å². The Bertz CT molecular complexity index is 2550. The Balaban J connectivity index is 0.000000711. The summed E-state index contributed by atoms with van der Waals surface area (Å²) in [6.07, 6.45) is 3.75. The summed E-state index contributed by atoms with van der Waals surface area (Å²) in [5, 5.41) is 30.5. The molecule has 0 aliphatic carbocycles. The average molecular weight is 1150 g/mol. The number of ether oxygens (including phenoxy) is 4. The second kappa shape index (κ2) is 28.5. The van der Waals surface area contributed by atoms with Gasteiger partial charge in [-0.1, -0.05) is 47.5 Å². The minimum absolute atomic E-state index is 0.0652. The van der Waals surface area contributed by atoms with Gasteiger partial charge < -0.3 is 50.7 Å². The predicted octanol–water partition coefficient (Wildman–Crippen LogP) is 12.2. The minimum atomic E-state index is -3.34. The van der Waals surface area contributed by atoms with Crippen LogP contribution in [0.4, 0.5) is 0 Å². The van der Waals surface area contributed by atoms with Crippen LogP contribution < -0.4 is 18.9 Å². The summed E-state index contributed by atoms with van der Waals surface area (Å²) in [5.74, 6) is 1.39. The van der Waals surface area contributed by atoms with Gasteiger partial charge in [0.2, 0.25) is 0 Å². The third-order valence-corrected chi connectivity index (χ3v) is 29.9. The van der Waals surface area contributed by atoms with Crippen LogP contribution in [-0.4, -0.2) is 115 Å². The maximum Gasteiger partial charge on any atom is 0.356 e.